The van der Waals surface area contributed by atoms with Gasteiger partial charge in [-0.2, -0.15) is 0 Å². The number of hydrogen-bond acceptors (Lipinski definition) is 5. The molecule has 1 saturated heterocycles. The molecular weight excluding hydrogens is 400 g/mol. The second kappa shape index (κ2) is 10.7. The van der Waals surface area contributed by atoms with E-state index in [2.05, 4.69) is 23.1 Å². The third-order valence-corrected chi connectivity index (χ3v) is 6.18. The van der Waals surface area contributed by atoms with Crippen LogP contribution >= 0.6 is 0 Å². The van der Waals surface area contributed by atoms with Crippen LogP contribution in [0.1, 0.15) is 11.5 Å². The van der Waals surface area contributed by atoms with Gasteiger partial charge in [-0.25, -0.2) is 0 Å². The summed E-state index contributed by atoms with van der Waals surface area (Å²) >= 11 is 0. The van der Waals surface area contributed by atoms with Crippen molar-refractivity contribution in [3.8, 4) is 22.3 Å². The van der Waals surface area contributed by atoms with E-state index in [4.69, 9.17) is 10.5 Å². The zero-order valence-electron chi connectivity index (χ0n) is 18.2. The number of aliphatic hydroxyl groups excluding tert-OH is 1. The van der Waals surface area contributed by atoms with E-state index in [-0.39, 0.29) is 18.9 Å². The third-order valence-electron chi connectivity index (χ3n) is 6.18. The number of hydrogen-bond donors (Lipinski definition) is 2. The van der Waals surface area contributed by atoms with Gasteiger partial charge in [0.2, 0.25) is 0 Å². The topological polar surface area (TPSA) is 75.8 Å². The fourth-order valence-corrected chi connectivity index (χ4v) is 4.55. The van der Waals surface area contributed by atoms with Crippen molar-refractivity contribution in [3.63, 3.8) is 0 Å². The number of aliphatic hydroxyl groups is 1. The van der Waals surface area contributed by atoms with Crippen LogP contribution in [0.3, 0.4) is 0 Å². The maximum atomic E-state index is 13.7. The molecule has 0 aromatic heterocycles. The quantitative estimate of drug-likeness (QED) is 0.573. The molecular formula is C27H30N2O3. The van der Waals surface area contributed by atoms with Gasteiger partial charge in [0.25, 0.3) is 0 Å². The lowest BCUT2D eigenvalue weighted by Gasteiger charge is -2.34. The van der Waals surface area contributed by atoms with Crippen LogP contribution in [0.5, 0.6) is 0 Å². The molecule has 0 spiro atoms. The van der Waals surface area contributed by atoms with Crippen molar-refractivity contribution >= 4 is 5.78 Å². The summed E-state index contributed by atoms with van der Waals surface area (Å²) in [5, 5.41) is 10.4. The van der Waals surface area contributed by atoms with E-state index in [9.17, 15) is 9.90 Å². The lowest BCUT2D eigenvalue weighted by molar-refractivity contribution is -0.128. The number of carbonyl (C=O) groups is 1. The summed E-state index contributed by atoms with van der Waals surface area (Å²) in [6.45, 7) is 2.47. The Morgan fingerprint density at radius 2 is 1.53 bits per heavy atom. The van der Waals surface area contributed by atoms with Gasteiger partial charge in [0.05, 0.1) is 31.8 Å². The molecule has 1 aliphatic heterocycles. The average molecular weight is 431 g/mol. The standard InChI is InChI=1S/C27H30N2O3/c28-18-25(29-14-16-32-17-15-29)27(31)24(19-30)23-13-7-12-22(20-8-3-1-4-9-20)26(23)21-10-5-2-6-11-21/h1-13,24-25,30H,14-19,28H2. The van der Waals surface area contributed by atoms with Crippen LogP contribution in [0.15, 0.2) is 78.9 Å². The SMILES string of the molecule is NCC(C(=O)C(CO)c1cccc(-c2ccccc2)c1-c1ccccc1)N1CCOCC1. The Balaban J connectivity index is 1.81. The summed E-state index contributed by atoms with van der Waals surface area (Å²) in [6, 6.07) is 25.8. The monoisotopic (exact) mass is 430 g/mol. The van der Waals surface area contributed by atoms with Crippen LogP contribution in [0.25, 0.3) is 22.3 Å². The molecule has 3 aromatic carbocycles. The van der Waals surface area contributed by atoms with Gasteiger partial charge in [0.15, 0.2) is 5.78 Å². The Hall–Kier alpha value is -2.83. The molecule has 0 saturated carbocycles. The zero-order chi connectivity index (χ0) is 22.3. The van der Waals surface area contributed by atoms with Crippen molar-refractivity contribution in [2.45, 2.75) is 12.0 Å². The predicted octanol–water partition coefficient (Wildman–Crippen LogP) is 3.33. The van der Waals surface area contributed by atoms with Gasteiger partial charge in [-0.15, -0.1) is 0 Å². The molecule has 32 heavy (non-hydrogen) atoms. The molecule has 3 N–H and O–H groups in total. The number of nitrogens with zero attached hydrogens (tertiary/aromatic N) is 1. The van der Waals surface area contributed by atoms with Crippen LogP contribution in [0, 0.1) is 0 Å². The second-order valence-corrected chi connectivity index (χ2v) is 8.04. The van der Waals surface area contributed by atoms with Gasteiger partial charge in [-0.05, 0) is 27.8 Å². The smallest absolute Gasteiger partial charge is 0.161 e. The minimum Gasteiger partial charge on any atom is -0.395 e. The minimum absolute atomic E-state index is 0.0423. The van der Waals surface area contributed by atoms with Gasteiger partial charge in [0, 0.05) is 19.6 Å². The van der Waals surface area contributed by atoms with Gasteiger partial charge in [-0.1, -0.05) is 78.9 Å². The molecule has 0 aliphatic carbocycles. The summed E-state index contributed by atoms with van der Waals surface area (Å²) in [5.74, 6) is -0.704. The largest absolute Gasteiger partial charge is 0.395 e. The highest BCUT2D eigenvalue weighted by Crippen LogP contribution is 2.38. The highest BCUT2D eigenvalue weighted by atomic mass is 16.5. The Bertz CT molecular complexity index is 1020. The van der Waals surface area contributed by atoms with E-state index in [1.165, 1.54) is 0 Å². The fourth-order valence-electron chi connectivity index (χ4n) is 4.55. The summed E-state index contributed by atoms with van der Waals surface area (Å²) in [4.78, 5) is 15.8. The number of carbonyl (C=O) groups excluding carboxylic acids is 1. The highest BCUT2D eigenvalue weighted by Gasteiger charge is 2.33. The Kier molecular flexibility index (Phi) is 7.45. The molecule has 2 unspecified atom stereocenters. The molecule has 0 amide bonds. The first-order valence-electron chi connectivity index (χ1n) is 11.1. The van der Waals surface area contributed by atoms with Crippen molar-refractivity contribution in [2.75, 3.05) is 39.5 Å². The number of Topliss-reactive ketones (excluding diaryl/α,β-unsaturated/α-hetero) is 1. The Morgan fingerprint density at radius 1 is 0.906 bits per heavy atom. The van der Waals surface area contributed by atoms with E-state index in [1.54, 1.807) is 0 Å². The summed E-state index contributed by atoms with van der Waals surface area (Å²) in [6.07, 6.45) is 0. The molecule has 5 nitrogen and oxygen atoms in total. The van der Waals surface area contributed by atoms with Crippen LogP contribution < -0.4 is 5.73 Å². The summed E-state index contributed by atoms with van der Waals surface area (Å²) in [7, 11) is 0. The number of rotatable bonds is 8. The first kappa shape index (κ1) is 22.4. The molecule has 5 heteroatoms. The first-order valence-corrected chi connectivity index (χ1v) is 11.1. The van der Waals surface area contributed by atoms with Gasteiger partial charge < -0.3 is 15.6 Å². The van der Waals surface area contributed by atoms with E-state index in [0.29, 0.717) is 26.3 Å². The van der Waals surface area contributed by atoms with E-state index >= 15 is 0 Å². The molecule has 0 bridgehead atoms. The summed E-state index contributed by atoms with van der Waals surface area (Å²) < 4.78 is 5.44. The molecule has 1 heterocycles. The van der Waals surface area contributed by atoms with Crippen LogP contribution in [0.2, 0.25) is 0 Å². The molecule has 4 rings (SSSR count). The average Bonchev–Trinajstić information content (AvgIpc) is 2.86. The van der Waals surface area contributed by atoms with Crippen molar-refractivity contribution in [1.29, 1.82) is 0 Å². The lowest BCUT2D eigenvalue weighted by Crippen LogP contribution is -2.52. The van der Waals surface area contributed by atoms with E-state index < -0.39 is 12.0 Å². The van der Waals surface area contributed by atoms with Crippen molar-refractivity contribution < 1.29 is 14.6 Å². The first-order chi connectivity index (χ1) is 15.7. The predicted molar refractivity (Wildman–Crippen MR) is 127 cm³/mol. The molecule has 2 atom stereocenters. The minimum atomic E-state index is -0.662. The molecule has 166 valence electrons. The Morgan fingerprint density at radius 3 is 2.12 bits per heavy atom. The number of ether oxygens (including phenoxy) is 1. The van der Waals surface area contributed by atoms with Crippen molar-refractivity contribution in [1.82, 2.24) is 4.90 Å². The highest BCUT2D eigenvalue weighted by molar-refractivity contribution is 5.95. The maximum Gasteiger partial charge on any atom is 0.161 e. The lowest BCUT2D eigenvalue weighted by atomic mass is 9.82. The van der Waals surface area contributed by atoms with Gasteiger partial charge in [-0.3, -0.25) is 9.69 Å². The summed E-state index contributed by atoms with van der Waals surface area (Å²) in [5.41, 5.74) is 11.0. The number of nitrogens with two attached hydrogens (primary N) is 1. The maximum absolute atomic E-state index is 13.7. The van der Waals surface area contributed by atoms with Gasteiger partial charge in [0.1, 0.15) is 0 Å². The van der Waals surface area contributed by atoms with Crippen LogP contribution in [-0.4, -0.2) is 61.3 Å². The molecule has 1 fully saturated rings. The molecule has 3 aromatic rings. The van der Waals surface area contributed by atoms with Crippen molar-refractivity contribution in [2.24, 2.45) is 5.73 Å². The van der Waals surface area contributed by atoms with Gasteiger partial charge >= 0.3 is 0 Å². The third kappa shape index (κ3) is 4.66. The Labute approximate surface area is 189 Å². The molecule has 1 aliphatic rings. The number of ketones is 1. The van der Waals surface area contributed by atoms with E-state index in [1.807, 2.05) is 60.7 Å². The van der Waals surface area contributed by atoms with Crippen LogP contribution in [-0.2, 0) is 9.53 Å². The second-order valence-electron chi connectivity index (χ2n) is 8.04. The fraction of sp³-hybridized carbons (Fsp3) is 0.296. The number of benzene rings is 3. The van der Waals surface area contributed by atoms with Crippen molar-refractivity contribution in [3.05, 3.63) is 84.4 Å². The van der Waals surface area contributed by atoms with E-state index in [0.717, 1.165) is 27.8 Å². The normalized spacial score (nSPS) is 16.4. The zero-order valence-corrected chi connectivity index (χ0v) is 18.2. The van der Waals surface area contributed by atoms with Crippen LogP contribution in [0.4, 0.5) is 0 Å². The number of morpholine rings is 1. The molecule has 0 radical (unpaired) electrons.